The maximum absolute atomic E-state index is 2.71. The smallest absolute Gasteiger partial charge is 0.252 e. The van der Waals surface area contributed by atoms with Crippen molar-refractivity contribution in [3.8, 4) is 39.2 Å². The highest BCUT2D eigenvalue weighted by Crippen LogP contribution is 2.48. The van der Waals surface area contributed by atoms with Crippen LogP contribution in [-0.2, 0) is 18.3 Å². The molecular weight excluding hydrogens is 735 g/mol. The van der Waals surface area contributed by atoms with Gasteiger partial charge in [0.15, 0.2) is 0 Å². The summed E-state index contributed by atoms with van der Waals surface area (Å²) in [7, 11) is 0. The molecule has 0 unspecified atom stereocenters. The van der Waals surface area contributed by atoms with Gasteiger partial charge in [-0.05, 0) is 140 Å². The number of anilines is 2. The Morgan fingerprint density at radius 2 is 1.31 bits per heavy atom. The van der Waals surface area contributed by atoms with Crippen LogP contribution in [-0.4, -0.2) is 17.8 Å². The Morgan fingerprint density at radius 1 is 0.607 bits per heavy atom. The van der Waals surface area contributed by atoms with Crippen molar-refractivity contribution in [2.24, 2.45) is 5.41 Å². The van der Waals surface area contributed by atoms with E-state index in [4.69, 9.17) is 0 Å². The lowest BCUT2D eigenvalue weighted by Gasteiger charge is -2.43. The zero-order chi connectivity index (χ0) is 41.9. The monoisotopic (exact) mass is 790 g/mol. The Morgan fingerprint density at radius 3 is 2.02 bits per heavy atom. The van der Waals surface area contributed by atoms with Gasteiger partial charge in [-0.2, -0.15) is 0 Å². The molecule has 11 rings (SSSR count). The van der Waals surface area contributed by atoms with Gasteiger partial charge in [0.05, 0.1) is 11.2 Å². The molecule has 4 heterocycles. The lowest BCUT2D eigenvalue weighted by molar-refractivity contribution is 0.515. The highest BCUT2D eigenvalue weighted by atomic mass is 15.2. The third-order valence-corrected chi connectivity index (χ3v) is 14.1. The summed E-state index contributed by atoms with van der Waals surface area (Å²) >= 11 is 0. The second kappa shape index (κ2) is 13.7. The average molecular weight is 791 g/mol. The summed E-state index contributed by atoms with van der Waals surface area (Å²) in [5, 5.41) is 1.36. The van der Waals surface area contributed by atoms with Gasteiger partial charge >= 0.3 is 0 Å². The minimum Gasteiger partial charge on any atom is -0.338 e. The average Bonchev–Trinajstić information content (AvgIpc) is 3.62. The van der Waals surface area contributed by atoms with Gasteiger partial charge in [-0.25, -0.2) is 0 Å². The van der Waals surface area contributed by atoms with E-state index < -0.39 is 0 Å². The molecule has 0 bridgehead atoms. The van der Waals surface area contributed by atoms with E-state index in [1.807, 2.05) is 0 Å². The number of rotatable bonds is 3. The molecule has 1 aromatic heterocycles. The van der Waals surface area contributed by atoms with E-state index in [1.54, 1.807) is 0 Å². The van der Waals surface area contributed by atoms with Crippen molar-refractivity contribution in [3.05, 3.63) is 172 Å². The van der Waals surface area contributed by atoms with Gasteiger partial charge in [0.2, 0.25) is 0 Å². The fourth-order valence-electron chi connectivity index (χ4n) is 11.2. The Bertz CT molecular complexity index is 3030. The molecule has 0 saturated heterocycles. The fourth-order valence-corrected chi connectivity index (χ4v) is 11.2. The summed E-state index contributed by atoms with van der Waals surface area (Å²) in [5.41, 5.74) is 27.1. The summed E-state index contributed by atoms with van der Waals surface area (Å²) in [5.74, 6) is 0. The van der Waals surface area contributed by atoms with Crippen LogP contribution in [0.4, 0.5) is 11.4 Å². The van der Waals surface area contributed by atoms with E-state index in [9.17, 15) is 0 Å². The minimum atomic E-state index is -0.0277. The molecular formula is C58H55BN2. The number of aromatic nitrogens is 1. The van der Waals surface area contributed by atoms with Crippen LogP contribution in [0.15, 0.2) is 139 Å². The van der Waals surface area contributed by atoms with Crippen LogP contribution in [0.25, 0.3) is 56.2 Å². The van der Waals surface area contributed by atoms with E-state index in [0.29, 0.717) is 0 Å². The number of benzene rings is 6. The Kier molecular flexibility index (Phi) is 8.53. The van der Waals surface area contributed by atoms with Crippen LogP contribution < -0.4 is 21.3 Å². The molecule has 0 saturated carbocycles. The van der Waals surface area contributed by atoms with Crippen LogP contribution in [0, 0.1) is 19.3 Å². The van der Waals surface area contributed by atoms with Gasteiger partial charge in [0.25, 0.3) is 6.71 Å². The second-order valence-corrected chi connectivity index (χ2v) is 20.1. The van der Waals surface area contributed by atoms with E-state index in [-0.39, 0.29) is 17.5 Å². The van der Waals surface area contributed by atoms with Crippen LogP contribution in [0.1, 0.15) is 81.3 Å². The first kappa shape index (κ1) is 37.9. The number of hydrogen-bond acceptors (Lipinski definition) is 1. The quantitative estimate of drug-likeness (QED) is 0.162. The molecule has 300 valence electrons. The van der Waals surface area contributed by atoms with E-state index in [1.165, 1.54) is 117 Å². The molecule has 0 spiro atoms. The zero-order valence-electron chi connectivity index (χ0n) is 37.1. The molecule has 61 heavy (non-hydrogen) atoms. The number of nitrogens with zero attached hydrogens (tertiary/aromatic N) is 2. The molecule has 2 nitrogen and oxygen atoms in total. The van der Waals surface area contributed by atoms with Crippen LogP contribution in [0.3, 0.4) is 0 Å². The van der Waals surface area contributed by atoms with Crippen molar-refractivity contribution >= 4 is 51.5 Å². The molecule has 6 aromatic carbocycles. The van der Waals surface area contributed by atoms with E-state index >= 15 is 0 Å². The highest BCUT2D eigenvalue weighted by Gasteiger charge is 2.45. The molecule has 4 aliphatic rings. The third kappa shape index (κ3) is 5.83. The molecule has 1 aliphatic carbocycles. The number of aryl methyl sites for hydroxylation is 3. The van der Waals surface area contributed by atoms with Gasteiger partial charge in [0.1, 0.15) is 0 Å². The SMILES string of the molecule is Cc1cccc(C)c1-c1cc2c3c(c1)-n1c(-c4ccccc4)c(-c4ccccc4)c4cc5c(c(c41)B3c1cc(C(C)(C)C)cc3c1N2C/C=C\C(C(C)(C)C)=C/C3)C=CCC5. The first-order valence-corrected chi connectivity index (χ1v) is 22.5. The Balaban J connectivity index is 1.37. The van der Waals surface area contributed by atoms with Crippen molar-refractivity contribution < 1.29 is 0 Å². The molecule has 0 fully saturated rings. The predicted octanol–water partition coefficient (Wildman–Crippen LogP) is 12.9. The van der Waals surface area contributed by atoms with E-state index in [0.717, 1.165) is 25.8 Å². The maximum atomic E-state index is 2.71. The van der Waals surface area contributed by atoms with Crippen molar-refractivity contribution in [1.82, 2.24) is 4.57 Å². The largest absolute Gasteiger partial charge is 0.338 e. The normalized spacial score (nSPS) is 16.6. The summed E-state index contributed by atoms with van der Waals surface area (Å²) in [4.78, 5) is 2.71. The lowest BCUT2D eigenvalue weighted by atomic mass is 9.32. The van der Waals surface area contributed by atoms with Crippen LogP contribution in [0.2, 0.25) is 0 Å². The van der Waals surface area contributed by atoms with Crippen molar-refractivity contribution in [2.75, 3.05) is 11.4 Å². The Hall–Kier alpha value is -6.06. The lowest BCUT2D eigenvalue weighted by Crippen LogP contribution is -2.62. The van der Waals surface area contributed by atoms with Crippen LogP contribution in [0.5, 0.6) is 0 Å². The van der Waals surface area contributed by atoms with Gasteiger partial charge < -0.3 is 9.47 Å². The summed E-state index contributed by atoms with van der Waals surface area (Å²) in [6.45, 7) is 19.6. The van der Waals surface area contributed by atoms with Crippen molar-refractivity contribution in [2.45, 2.75) is 80.1 Å². The summed E-state index contributed by atoms with van der Waals surface area (Å²) in [6, 6.07) is 42.0. The number of allylic oxidation sites excluding steroid dienone is 4. The van der Waals surface area contributed by atoms with Gasteiger partial charge in [-0.3, -0.25) is 0 Å². The van der Waals surface area contributed by atoms with Crippen molar-refractivity contribution in [3.63, 3.8) is 0 Å². The van der Waals surface area contributed by atoms with Gasteiger partial charge in [-0.15, -0.1) is 0 Å². The first-order chi connectivity index (χ1) is 29.4. The van der Waals surface area contributed by atoms with Crippen molar-refractivity contribution in [1.29, 1.82) is 0 Å². The highest BCUT2D eigenvalue weighted by molar-refractivity contribution is 7.00. The predicted molar refractivity (Wildman–Crippen MR) is 264 cm³/mol. The summed E-state index contributed by atoms with van der Waals surface area (Å²) in [6.07, 6.45) is 15.3. The first-order valence-electron chi connectivity index (χ1n) is 22.5. The maximum Gasteiger partial charge on any atom is 0.252 e. The molecule has 0 amide bonds. The number of fused-ring (bicyclic) bond motifs is 6. The second-order valence-electron chi connectivity index (χ2n) is 20.1. The third-order valence-electron chi connectivity index (χ3n) is 14.1. The standard InChI is InChI=1S/C58H55BN2/c1-36-19-17-20-37(2)50(36)42-33-48-53-49(34-42)61-55(39-23-13-10-14-24-39)51(38-21-11-9-12-22-38)46-32-40-25-15-16-27-45(40)52(56(46)61)59(53)47-35-44(58(6,7)8)31-41-28-29-43(57(3,4)5)26-18-30-60(48)54(41)47/h9-14,16-24,26-27,29,31-35H,15,25,28,30H2,1-8H3/b26-18-,43-29+. The number of hydrogen-bond donors (Lipinski definition) is 0. The van der Waals surface area contributed by atoms with Crippen LogP contribution >= 0.6 is 0 Å². The minimum absolute atomic E-state index is 0.0277. The van der Waals surface area contributed by atoms with Gasteiger partial charge in [0, 0.05) is 34.6 Å². The van der Waals surface area contributed by atoms with Gasteiger partial charge in [-0.1, -0.05) is 163 Å². The topological polar surface area (TPSA) is 8.17 Å². The zero-order valence-corrected chi connectivity index (χ0v) is 37.1. The fraction of sp³-hybridized carbons (Fsp3) is 0.241. The molecule has 0 radical (unpaired) electrons. The molecule has 3 aliphatic heterocycles. The molecule has 0 atom stereocenters. The molecule has 0 N–H and O–H groups in total. The Labute approximate surface area is 363 Å². The molecule has 3 heteroatoms. The summed E-state index contributed by atoms with van der Waals surface area (Å²) < 4.78 is 2.71. The molecule has 7 aromatic rings. The van der Waals surface area contributed by atoms with E-state index in [2.05, 4.69) is 204 Å².